The van der Waals surface area contributed by atoms with Crippen LogP contribution in [0, 0.1) is 0 Å². The summed E-state index contributed by atoms with van der Waals surface area (Å²) in [6.45, 7) is 4.13. The van der Waals surface area contributed by atoms with Crippen LogP contribution in [0.15, 0.2) is 71.2 Å². The third-order valence-electron chi connectivity index (χ3n) is 4.18. The van der Waals surface area contributed by atoms with Gasteiger partial charge in [0.15, 0.2) is 5.78 Å². The highest BCUT2D eigenvalue weighted by Gasteiger charge is 2.12. The lowest BCUT2D eigenvalue weighted by molar-refractivity contribution is 0.0929. The summed E-state index contributed by atoms with van der Waals surface area (Å²) in [6, 6.07) is 22.3. The molecule has 0 N–H and O–H groups in total. The number of fused-ring (bicyclic) bond motifs is 1. The number of likely N-dealkylation sites (N-methyl/N-ethyl adjacent to an activating group) is 1. The van der Waals surface area contributed by atoms with Gasteiger partial charge in [0.25, 0.3) is 0 Å². The van der Waals surface area contributed by atoms with Crippen LogP contribution in [0.5, 0.6) is 0 Å². The second-order valence-corrected chi connectivity index (χ2v) is 6.83. The lowest BCUT2D eigenvalue weighted by atomic mass is 10.0. The van der Waals surface area contributed by atoms with Crippen molar-refractivity contribution in [2.45, 2.75) is 13.5 Å². The molecule has 0 spiro atoms. The molecule has 0 aliphatic rings. The van der Waals surface area contributed by atoms with Gasteiger partial charge < -0.3 is 0 Å². The van der Waals surface area contributed by atoms with Crippen molar-refractivity contribution in [3.05, 3.63) is 82.3 Å². The molecule has 3 aromatic rings. The van der Waals surface area contributed by atoms with Crippen LogP contribution in [0.1, 0.15) is 22.8 Å². The van der Waals surface area contributed by atoms with Crippen LogP contribution in [-0.4, -0.2) is 23.8 Å². The number of rotatable bonds is 6. The summed E-state index contributed by atoms with van der Waals surface area (Å²) in [5, 5.41) is 2.27. The molecule has 0 aliphatic carbocycles. The van der Waals surface area contributed by atoms with Crippen LogP contribution >= 0.6 is 15.9 Å². The van der Waals surface area contributed by atoms with Crippen LogP contribution in [0.3, 0.4) is 0 Å². The minimum Gasteiger partial charge on any atom is -0.293 e. The van der Waals surface area contributed by atoms with Crippen molar-refractivity contribution >= 4 is 32.5 Å². The Morgan fingerprint density at radius 2 is 1.75 bits per heavy atom. The maximum Gasteiger partial charge on any atom is 0.176 e. The SMILES string of the molecule is CCN(CC(=O)c1ccc2ccccc2c1)Cc1cccc(Br)c1. The summed E-state index contributed by atoms with van der Waals surface area (Å²) in [7, 11) is 0. The van der Waals surface area contributed by atoms with Gasteiger partial charge in [-0.2, -0.15) is 0 Å². The van der Waals surface area contributed by atoms with Crippen LogP contribution < -0.4 is 0 Å². The van der Waals surface area contributed by atoms with Gasteiger partial charge in [-0.25, -0.2) is 0 Å². The van der Waals surface area contributed by atoms with E-state index in [1.807, 2.05) is 48.5 Å². The molecule has 3 rings (SSSR count). The number of ketones is 1. The summed E-state index contributed by atoms with van der Waals surface area (Å²) >= 11 is 3.50. The van der Waals surface area contributed by atoms with E-state index in [1.165, 1.54) is 5.56 Å². The van der Waals surface area contributed by atoms with Crippen molar-refractivity contribution in [1.29, 1.82) is 0 Å². The molecule has 0 aromatic heterocycles. The largest absolute Gasteiger partial charge is 0.293 e. The maximum absolute atomic E-state index is 12.7. The highest BCUT2D eigenvalue weighted by molar-refractivity contribution is 9.10. The predicted molar refractivity (Wildman–Crippen MR) is 103 cm³/mol. The van der Waals surface area contributed by atoms with Crippen molar-refractivity contribution in [2.75, 3.05) is 13.1 Å². The number of hydrogen-bond acceptors (Lipinski definition) is 2. The van der Waals surface area contributed by atoms with E-state index in [4.69, 9.17) is 0 Å². The molecular weight excluding hydrogens is 362 g/mol. The standard InChI is InChI=1S/C21H20BrNO/c1-2-23(14-16-6-5-9-20(22)12-16)15-21(24)19-11-10-17-7-3-4-8-18(17)13-19/h3-13H,2,14-15H2,1H3. The average molecular weight is 382 g/mol. The molecule has 0 atom stereocenters. The summed E-state index contributed by atoms with van der Waals surface area (Å²) in [4.78, 5) is 14.8. The second-order valence-electron chi connectivity index (χ2n) is 5.92. The molecule has 2 nitrogen and oxygen atoms in total. The summed E-state index contributed by atoms with van der Waals surface area (Å²) in [5.41, 5.74) is 1.99. The van der Waals surface area contributed by atoms with Crippen LogP contribution in [0.25, 0.3) is 10.8 Å². The Morgan fingerprint density at radius 3 is 2.50 bits per heavy atom. The molecular formula is C21H20BrNO. The molecule has 0 heterocycles. The molecule has 24 heavy (non-hydrogen) atoms. The fraction of sp³-hybridized carbons (Fsp3) is 0.190. The smallest absolute Gasteiger partial charge is 0.176 e. The van der Waals surface area contributed by atoms with Gasteiger partial charge in [-0.15, -0.1) is 0 Å². The second kappa shape index (κ2) is 7.73. The normalized spacial score (nSPS) is 11.1. The minimum atomic E-state index is 0.164. The van der Waals surface area contributed by atoms with Crippen molar-refractivity contribution in [3.63, 3.8) is 0 Å². The third kappa shape index (κ3) is 4.11. The van der Waals surface area contributed by atoms with Crippen molar-refractivity contribution in [2.24, 2.45) is 0 Å². The molecule has 122 valence electrons. The Bertz CT molecular complexity index is 859. The van der Waals surface area contributed by atoms with Crippen molar-refractivity contribution < 1.29 is 4.79 Å². The van der Waals surface area contributed by atoms with E-state index in [9.17, 15) is 4.79 Å². The molecule has 0 unspecified atom stereocenters. The Kier molecular flexibility index (Phi) is 5.44. The zero-order chi connectivity index (χ0) is 16.9. The molecule has 0 amide bonds. The Morgan fingerprint density at radius 1 is 0.958 bits per heavy atom. The van der Waals surface area contributed by atoms with Crippen LogP contribution in [0.2, 0.25) is 0 Å². The van der Waals surface area contributed by atoms with E-state index in [0.717, 1.165) is 33.9 Å². The highest BCUT2D eigenvalue weighted by atomic mass is 79.9. The topological polar surface area (TPSA) is 20.3 Å². The van der Waals surface area contributed by atoms with Gasteiger partial charge in [-0.05, 0) is 41.1 Å². The first-order valence-corrected chi connectivity index (χ1v) is 8.94. The van der Waals surface area contributed by atoms with E-state index in [0.29, 0.717) is 6.54 Å². The van der Waals surface area contributed by atoms with E-state index < -0.39 is 0 Å². The zero-order valence-electron chi connectivity index (χ0n) is 13.7. The Balaban J connectivity index is 1.73. The number of hydrogen-bond donors (Lipinski definition) is 0. The minimum absolute atomic E-state index is 0.164. The summed E-state index contributed by atoms with van der Waals surface area (Å²) in [5.74, 6) is 0.164. The van der Waals surface area contributed by atoms with E-state index in [-0.39, 0.29) is 5.78 Å². The van der Waals surface area contributed by atoms with Gasteiger partial charge in [-0.1, -0.05) is 71.4 Å². The fourth-order valence-electron chi connectivity index (χ4n) is 2.83. The molecule has 0 bridgehead atoms. The lowest BCUT2D eigenvalue weighted by Gasteiger charge is -2.20. The predicted octanol–water partition coefficient (Wildman–Crippen LogP) is 5.31. The van der Waals surface area contributed by atoms with Gasteiger partial charge in [0.1, 0.15) is 0 Å². The van der Waals surface area contributed by atoms with E-state index in [2.05, 4.69) is 46.0 Å². The number of Topliss-reactive ketones (excluding diaryl/α,β-unsaturated/α-hetero) is 1. The number of carbonyl (C=O) groups is 1. The van der Waals surface area contributed by atoms with Gasteiger partial charge in [0, 0.05) is 16.6 Å². The fourth-order valence-corrected chi connectivity index (χ4v) is 3.28. The van der Waals surface area contributed by atoms with Gasteiger partial charge in [0.05, 0.1) is 6.54 Å². The first-order chi connectivity index (χ1) is 11.7. The molecule has 0 radical (unpaired) electrons. The molecule has 0 aliphatic heterocycles. The van der Waals surface area contributed by atoms with Gasteiger partial charge >= 0.3 is 0 Å². The highest BCUT2D eigenvalue weighted by Crippen LogP contribution is 2.17. The average Bonchev–Trinajstić information content (AvgIpc) is 2.60. The Labute approximate surface area is 151 Å². The summed E-state index contributed by atoms with van der Waals surface area (Å²) < 4.78 is 1.07. The van der Waals surface area contributed by atoms with Crippen LogP contribution in [-0.2, 0) is 6.54 Å². The molecule has 0 saturated heterocycles. The number of nitrogens with zero attached hydrogens (tertiary/aromatic N) is 1. The van der Waals surface area contributed by atoms with Gasteiger partial charge in [-0.3, -0.25) is 9.69 Å². The monoisotopic (exact) mass is 381 g/mol. The quantitative estimate of drug-likeness (QED) is 0.539. The first kappa shape index (κ1) is 16.9. The number of halogens is 1. The lowest BCUT2D eigenvalue weighted by Crippen LogP contribution is -2.29. The Hall–Kier alpha value is -1.97. The first-order valence-electron chi connectivity index (χ1n) is 8.14. The third-order valence-corrected chi connectivity index (χ3v) is 4.67. The molecule has 0 saturated carbocycles. The number of benzene rings is 3. The zero-order valence-corrected chi connectivity index (χ0v) is 15.3. The van der Waals surface area contributed by atoms with Crippen LogP contribution in [0.4, 0.5) is 0 Å². The number of carbonyl (C=O) groups excluding carboxylic acids is 1. The summed E-state index contributed by atoms with van der Waals surface area (Å²) in [6.07, 6.45) is 0. The molecule has 3 heteroatoms. The van der Waals surface area contributed by atoms with E-state index >= 15 is 0 Å². The molecule has 3 aromatic carbocycles. The maximum atomic E-state index is 12.7. The molecule has 0 fully saturated rings. The van der Waals surface area contributed by atoms with Gasteiger partial charge in [0.2, 0.25) is 0 Å². The van der Waals surface area contributed by atoms with Crippen molar-refractivity contribution in [3.8, 4) is 0 Å². The van der Waals surface area contributed by atoms with E-state index in [1.54, 1.807) is 0 Å². The van der Waals surface area contributed by atoms with Crippen molar-refractivity contribution in [1.82, 2.24) is 4.90 Å².